The molecule has 2 heterocycles. The van der Waals surface area contributed by atoms with Crippen molar-refractivity contribution in [3.8, 4) is 0 Å². The van der Waals surface area contributed by atoms with Gasteiger partial charge in [0.15, 0.2) is 5.84 Å². The number of nitrogens with zero attached hydrogens (tertiary/aromatic N) is 2. The summed E-state index contributed by atoms with van der Waals surface area (Å²) in [5.74, 6) is -1.28. The fourth-order valence-electron chi connectivity index (χ4n) is 6.47. The predicted molar refractivity (Wildman–Crippen MR) is 141 cm³/mol. The lowest BCUT2D eigenvalue weighted by Gasteiger charge is -2.44. The van der Waals surface area contributed by atoms with Gasteiger partial charge in [-0.3, -0.25) is 4.79 Å². The van der Waals surface area contributed by atoms with E-state index < -0.39 is 26.0 Å². The molecule has 1 amide bonds. The van der Waals surface area contributed by atoms with Crippen molar-refractivity contribution in [2.45, 2.75) is 43.3 Å². The highest BCUT2D eigenvalue weighted by Gasteiger charge is 2.57. The molecule has 2 unspecified atom stereocenters. The number of hydrogen-bond acceptors (Lipinski definition) is 7. The molecule has 4 aliphatic rings. The van der Waals surface area contributed by atoms with E-state index in [-0.39, 0.29) is 70.5 Å². The van der Waals surface area contributed by atoms with E-state index >= 15 is 0 Å². The van der Waals surface area contributed by atoms with Gasteiger partial charge in [-0.15, -0.1) is 4.40 Å². The molecule has 0 aromatic heterocycles. The molecule has 6 rings (SSSR count). The lowest BCUT2D eigenvalue weighted by Crippen LogP contribution is -2.53. The SMILES string of the molecule is CS(=O)(=O)NCc1ccc2c(c1)S(=O)(=O)N=C(C1=C(O)C3C([C@@H]4CC[C@H]3C4)N(Cc3ccc(F)cc3)C1=O)N2. The van der Waals surface area contributed by atoms with Crippen LogP contribution in [0, 0.1) is 23.6 Å². The quantitative estimate of drug-likeness (QED) is 0.481. The molecule has 0 saturated heterocycles. The average Bonchev–Trinajstić information content (AvgIpc) is 3.48. The zero-order chi connectivity index (χ0) is 27.7. The molecule has 2 fully saturated rings. The van der Waals surface area contributed by atoms with E-state index in [0.717, 1.165) is 31.1 Å². The first-order valence-corrected chi connectivity index (χ1v) is 15.9. The Morgan fingerprint density at radius 3 is 2.54 bits per heavy atom. The minimum atomic E-state index is -4.29. The molecule has 3 N–H and O–H groups in total. The molecule has 2 aromatic rings. The van der Waals surface area contributed by atoms with Crippen LogP contribution in [-0.2, 0) is 37.9 Å². The summed E-state index contributed by atoms with van der Waals surface area (Å²) in [4.78, 5) is 15.4. The summed E-state index contributed by atoms with van der Waals surface area (Å²) in [5, 5.41) is 14.3. The fraction of sp³-hybridized carbons (Fsp3) is 0.385. The van der Waals surface area contributed by atoms with Gasteiger partial charge in [0.1, 0.15) is 22.0 Å². The number of nitrogens with one attached hydrogen (secondary N) is 2. The topological polar surface area (TPSA) is 145 Å². The first-order chi connectivity index (χ1) is 18.4. The second-order valence-electron chi connectivity index (χ2n) is 10.6. The number of benzene rings is 2. The van der Waals surface area contributed by atoms with Gasteiger partial charge in [0.2, 0.25) is 10.0 Å². The zero-order valence-corrected chi connectivity index (χ0v) is 22.6. The van der Waals surface area contributed by atoms with Crippen LogP contribution in [0.3, 0.4) is 0 Å². The van der Waals surface area contributed by atoms with Gasteiger partial charge in [-0.05, 0) is 66.5 Å². The van der Waals surface area contributed by atoms with E-state index in [9.17, 15) is 31.1 Å². The van der Waals surface area contributed by atoms with Crippen LogP contribution in [0.1, 0.15) is 30.4 Å². The first kappa shape index (κ1) is 26.0. The molecule has 206 valence electrons. The van der Waals surface area contributed by atoms with Gasteiger partial charge in [-0.25, -0.2) is 17.5 Å². The Balaban J connectivity index is 1.37. The van der Waals surface area contributed by atoms with Crippen LogP contribution in [0.2, 0.25) is 0 Å². The molecule has 2 saturated carbocycles. The van der Waals surface area contributed by atoms with Crippen molar-refractivity contribution in [3.63, 3.8) is 0 Å². The smallest absolute Gasteiger partial charge is 0.286 e. The van der Waals surface area contributed by atoms with Crippen molar-refractivity contribution in [2.24, 2.45) is 22.2 Å². The van der Waals surface area contributed by atoms with Crippen LogP contribution < -0.4 is 10.0 Å². The number of aliphatic hydroxyl groups is 1. The minimum Gasteiger partial charge on any atom is -0.511 e. The maximum atomic E-state index is 13.9. The van der Waals surface area contributed by atoms with Gasteiger partial charge in [-0.1, -0.05) is 18.2 Å². The zero-order valence-electron chi connectivity index (χ0n) is 21.0. The van der Waals surface area contributed by atoms with Gasteiger partial charge in [0, 0.05) is 25.0 Å². The Kier molecular flexibility index (Phi) is 6.08. The number of rotatable bonds is 6. The van der Waals surface area contributed by atoms with Crippen molar-refractivity contribution in [1.29, 1.82) is 0 Å². The van der Waals surface area contributed by atoms with Crippen molar-refractivity contribution < 1.29 is 31.1 Å². The Labute approximate surface area is 225 Å². The lowest BCUT2D eigenvalue weighted by molar-refractivity contribution is -0.134. The summed E-state index contributed by atoms with van der Waals surface area (Å²) in [6, 6.07) is 9.99. The number of halogens is 1. The second kappa shape index (κ2) is 9.14. The van der Waals surface area contributed by atoms with E-state index in [1.54, 1.807) is 23.1 Å². The fourth-order valence-corrected chi connectivity index (χ4v) is 8.07. The Morgan fingerprint density at radius 2 is 1.82 bits per heavy atom. The van der Waals surface area contributed by atoms with Crippen LogP contribution in [0.15, 0.2) is 63.1 Å². The molecule has 2 aliphatic carbocycles. The molecule has 2 bridgehead atoms. The van der Waals surface area contributed by atoms with Crippen molar-refractivity contribution in [3.05, 3.63) is 70.7 Å². The molecule has 10 nitrogen and oxygen atoms in total. The summed E-state index contributed by atoms with van der Waals surface area (Å²) < 4.78 is 69.0. The van der Waals surface area contributed by atoms with E-state index in [0.29, 0.717) is 5.56 Å². The largest absolute Gasteiger partial charge is 0.511 e. The Hall–Kier alpha value is -3.29. The number of carbonyl (C=O) groups excluding carboxylic acids is 1. The lowest BCUT2D eigenvalue weighted by atomic mass is 9.77. The molecule has 0 spiro atoms. The van der Waals surface area contributed by atoms with Crippen LogP contribution in [0.4, 0.5) is 10.1 Å². The molecule has 39 heavy (non-hydrogen) atoms. The second-order valence-corrected chi connectivity index (χ2v) is 14.0. The third-order valence-electron chi connectivity index (χ3n) is 8.11. The highest BCUT2D eigenvalue weighted by atomic mass is 32.2. The summed E-state index contributed by atoms with van der Waals surface area (Å²) in [5.41, 5.74) is 1.12. The number of sulfonamides is 2. The number of anilines is 1. The van der Waals surface area contributed by atoms with Gasteiger partial charge in [0.05, 0.1) is 11.9 Å². The number of aliphatic hydroxyl groups excluding tert-OH is 1. The third-order valence-corrected chi connectivity index (χ3v) is 10.1. The molecule has 2 aliphatic heterocycles. The maximum absolute atomic E-state index is 13.9. The predicted octanol–water partition coefficient (Wildman–Crippen LogP) is 2.66. The summed E-state index contributed by atoms with van der Waals surface area (Å²) >= 11 is 0. The molecular weight excluding hydrogens is 547 g/mol. The number of hydrogen-bond donors (Lipinski definition) is 3. The number of amides is 1. The molecule has 4 atom stereocenters. The van der Waals surface area contributed by atoms with Gasteiger partial charge in [-0.2, -0.15) is 8.42 Å². The Morgan fingerprint density at radius 1 is 1.13 bits per heavy atom. The normalized spacial score (nSPS) is 27.2. The van der Waals surface area contributed by atoms with Crippen molar-refractivity contribution >= 4 is 37.5 Å². The van der Waals surface area contributed by atoms with Gasteiger partial charge < -0.3 is 15.3 Å². The monoisotopic (exact) mass is 574 g/mol. The highest BCUT2D eigenvalue weighted by molar-refractivity contribution is 7.90. The molecule has 0 radical (unpaired) electrons. The van der Waals surface area contributed by atoms with Crippen LogP contribution >= 0.6 is 0 Å². The number of amidine groups is 1. The first-order valence-electron chi connectivity index (χ1n) is 12.6. The van der Waals surface area contributed by atoms with Crippen molar-refractivity contribution in [2.75, 3.05) is 11.6 Å². The van der Waals surface area contributed by atoms with E-state index in [4.69, 9.17) is 0 Å². The molecular formula is C26H27FN4O6S2. The molecule has 13 heteroatoms. The maximum Gasteiger partial charge on any atom is 0.286 e. The summed E-state index contributed by atoms with van der Waals surface area (Å²) in [6.45, 7) is 0.0835. The van der Waals surface area contributed by atoms with Crippen LogP contribution in [0.25, 0.3) is 0 Å². The van der Waals surface area contributed by atoms with Crippen molar-refractivity contribution in [1.82, 2.24) is 9.62 Å². The van der Waals surface area contributed by atoms with Crippen LogP contribution in [-0.4, -0.2) is 50.9 Å². The van der Waals surface area contributed by atoms with E-state index in [1.807, 2.05) is 0 Å². The van der Waals surface area contributed by atoms with E-state index in [2.05, 4.69) is 14.4 Å². The Bertz CT molecular complexity index is 1650. The summed E-state index contributed by atoms with van der Waals surface area (Å²) in [7, 11) is -7.77. The third kappa shape index (κ3) is 4.61. The number of carbonyl (C=O) groups is 1. The molecule has 2 aromatic carbocycles. The van der Waals surface area contributed by atoms with Gasteiger partial charge in [0.25, 0.3) is 15.9 Å². The van der Waals surface area contributed by atoms with E-state index in [1.165, 1.54) is 24.3 Å². The standard InChI is InChI=1S/C26H27FN4O6S2/c1-38(34,35)28-12-15-4-9-19-20(10-15)39(36,37)30-25(29-19)22-24(32)21-16-5-6-17(11-16)23(21)31(26(22)33)13-14-2-7-18(27)8-3-14/h2-4,7-10,16-17,21,23,28,32H,5-6,11-13H2,1H3,(H,29,30)/t16-,17+,21?,23?/m0/s1. The minimum absolute atomic E-state index is 0.105. The summed E-state index contributed by atoms with van der Waals surface area (Å²) in [6.07, 6.45) is 3.72. The highest BCUT2D eigenvalue weighted by Crippen LogP contribution is 2.55. The average molecular weight is 575 g/mol. The number of fused-ring (bicyclic) bond motifs is 6. The van der Waals surface area contributed by atoms with Gasteiger partial charge >= 0.3 is 0 Å². The van der Waals surface area contributed by atoms with Crippen LogP contribution in [0.5, 0.6) is 0 Å².